The second-order valence-corrected chi connectivity index (χ2v) is 5.45. The summed E-state index contributed by atoms with van der Waals surface area (Å²) in [6, 6.07) is 9.77. The molecular weight excluding hydrogens is 333 g/mol. The van der Waals surface area contributed by atoms with E-state index in [2.05, 4.69) is 9.97 Å². The van der Waals surface area contributed by atoms with Crippen LogP contribution >= 0.6 is 0 Å². The summed E-state index contributed by atoms with van der Waals surface area (Å²) in [5.74, 6) is -0.645. The lowest BCUT2D eigenvalue weighted by molar-refractivity contribution is -0.137. The third kappa shape index (κ3) is 3.76. The van der Waals surface area contributed by atoms with E-state index in [1.165, 1.54) is 12.1 Å². The van der Waals surface area contributed by atoms with Gasteiger partial charge in [-0.2, -0.15) is 13.2 Å². The predicted molar refractivity (Wildman–Crippen MR) is 84.8 cm³/mol. The molecule has 2 aromatic heterocycles. The molecule has 0 aliphatic rings. The number of hydrogen-bond acceptors (Lipinski definition) is 4. The van der Waals surface area contributed by atoms with Gasteiger partial charge in [0, 0.05) is 11.6 Å². The Labute approximate surface area is 141 Å². The van der Waals surface area contributed by atoms with E-state index in [9.17, 15) is 18.0 Å². The molecular formula is C18H13F3N2O2. The van der Waals surface area contributed by atoms with E-state index in [1.54, 1.807) is 31.3 Å². The number of esters is 1. The van der Waals surface area contributed by atoms with E-state index in [-0.39, 0.29) is 17.7 Å². The number of halogens is 3. The lowest BCUT2D eigenvalue weighted by Gasteiger charge is -2.10. The predicted octanol–water partition coefficient (Wildman–Crippen LogP) is 4.31. The van der Waals surface area contributed by atoms with Crippen molar-refractivity contribution in [3.05, 3.63) is 71.0 Å². The number of rotatable bonds is 3. The highest BCUT2D eigenvalue weighted by Crippen LogP contribution is 2.29. The van der Waals surface area contributed by atoms with E-state index in [0.29, 0.717) is 16.7 Å². The molecule has 0 spiro atoms. The van der Waals surface area contributed by atoms with Gasteiger partial charge in [0.2, 0.25) is 0 Å². The van der Waals surface area contributed by atoms with E-state index < -0.39 is 17.7 Å². The first-order valence-electron chi connectivity index (χ1n) is 7.40. The molecule has 7 heteroatoms. The summed E-state index contributed by atoms with van der Waals surface area (Å²) < 4.78 is 43.3. The Hall–Kier alpha value is -2.96. The van der Waals surface area contributed by atoms with Gasteiger partial charge in [0.1, 0.15) is 6.61 Å². The van der Waals surface area contributed by atoms with Crippen LogP contribution in [0, 0.1) is 6.92 Å². The Balaban J connectivity index is 1.78. The van der Waals surface area contributed by atoms with Gasteiger partial charge in [-0.1, -0.05) is 12.1 Å². The highest BCUT2D eigenvalue weighted by Gasteiger charge is 2.30. The van der Waals surface area contributed by atoms with Gasteiger partial charge >= 0.3 is 12.1 Å². The van der Waals surface area contributed by atoms with Crippen molar-refractivity contribution in [1.29, 1.82) is 0 Å². The quantitative estimate of drug-likeness (QED) is 0.663. The Morgan fingerprint density at radius 2 is 1.96 bits per heavy atom. The van der Waals surface area contributed by atoms with E-state index in [4.69, 9.17) is 4.74 Å². The SMILES string of the molecule is Cc1nc2ncccc2cc1C(=O)OCc1cccc(C(F)(F)F)c1. The molecule has 0 aliphatic carbocycles. The molecule has 0 radical (unpaired) electrons. The number of carbonyl (C=O) groups is 1. The summed E-state index contributed by atoms with van der Waals surface area (Å²) >= 11 is 0. The maximum absolute atomic E-state index is 12.7. The van der Waals surface area contributed by atoms with Gasteiger partial charge < -0.3 is 4.74 Å². The first kappa shape index (κ1) is 16.9. The molecule has 3 rings (SSSR count). The molecule has 0 aliphatic heterocycles. The van der Waals surface area contributed by atoms with E-state index >= 15 is 0 Å². The Bertz CT molecular complexity index is 939. The third-order valence-electron chi connectivity index (χ3n) is 3.62. The Kier molecular flexibility index (Phi) is 4.39. The molecule has 0 atom stereocenters. The summed E-state index contributed by atoms with van der Waals surface area (Å²) in [5, 5.41) is 0.680. The summed E-state index contributed by atoms with van der Waals surface area (Å²) in [7, 11) is 0. The zero-order valence-electron chi connectivity index (χ0n) is 13.2. The highest BCUT2D eigenvalue weighted by molar-refractivity contribution is 5.94. The second-order valence-electron chi connectivity index (χ2n) is 5.45. The first-order valence-corrected chi connectivity index (χ1v) is 7.40. The van der Waals surface area contributed by atoms with Crippen LogP contribution in [0.25, 0.3) is 11.0 Å². The molecule has 25 heavy (non-hydrogen) atoms. The van der Waals surface area contributed by atoms with Gasteiger partial charge in [0.05, 0.1) is 16.8 Å². The molecule has 0 saturated heterocycles. The van der Waals surface area contributed by atoms with Crippen LogP contribution in [-0.4, -0.2) is 15.9 Å². The molecule has 0 fully saturated rings. The van der Waals surface area contributed by atoms with Crippen LogP contribution in [0.2, 0.25) is 0 Å². The van der Waals surface area contributed by atoms with Crippen molar-refractivity contribution < 1.29 is 22.7 Å². The van der Waals surface area contributed by atoms with Crippen molar-refractivity contribution in [1.82, 2.24) is 9.97 Å². The molecule has 3 aromatic rings. The standard InChI is InChI=1S/C18H13F3N2O2/c1-11-15(9-13-5-3-7-22-16(13)23-11)17(24)25-10-12-4-2-6-14(8-12)18(19,20)21/h2-9H,10H2,1H3. The summed E-state index contributed by atoms with van der Waals surface area (Å²) in [6.07, 6.45) is -2.84. The largest absolute Gasteiger partial charge is 0.457 e. The number of carbonyl (C=O) groups excluding carboxylic acids is 1. The van der Waals surface area contributed by atoms with Gasteiger partial charge in [-0.25, -0.2) is 14.8 Å². The molecule has 0 unspecified atom stereocenters. The van der Waals surface area contributed by atoms with E-state index in [1.807, 2.05) is 0 Å². The second kappa shape index (κ2) is 6.51. The smallest absolute Gasteiger partial charge is 0.416 e. The number of pyridine rings is 2. The van der Waals surface area contributed by atoms with Gasteiger partial charge in [0.15, 0.2) is 5.65 Å². The van der Waals surface area contributed by atoms with Crippen LogP contribution in [0.1, 0.15) is 27.2 Å². The minimum Gasteiger partial charge on any atom is -0.457 e. The van der Waals surface area contributed by atoms with Gasteiger partial charge in [-0.3, -0.25) is 0 Å². The molecule has 0 bridgehead atoms. The summed E-state index contributed by atoms with van der Waals surface area (Å²) in [5.41, 5.74) is 0.689. The molecule has 0 N–H and O–H groups in total. The average molecular weight is 346 g/mol. The van der Waals surface area contributed by atoms with Crippen LogP contribution in [0.15, 0.2) is 48.7 Å². The Morgan fingerprint density at radius 1 is 1.16 bits per heavy atom. The number of aromatic nitrogens is 2. The van der Waals surface area contributed by atoms with Crippen LogP contribution < -0.4 is 0 Å². The van der Waals surface area contributed by atoms with E-state index in [0.717, 1.165) is 12.1 Å². The molecule has 0 saturated carbocycles. The Morgan fingerprint density at radius 3 is 2.72 bits per heavy atom. The zero-order valence-corrected chi connectivity index (χ0v) is 13.2. The molecule has 128 valence electrons. The first-order chi connectivity index (χ1) is 11.8. The molecule has 4 nitrogen and oxygen atoms in total. The fourth-order valence-electron chi connectivity index (χ4n) is 2.37. The molecule has 0 amide bonds. The van der Waals surface area contributed by atoms with Crippen molar-refractivity contribution in [2.75, 3.05) is 0 Å². The number of nitrogens with zero attached hydrogens (tertiary/aromatic N) is 2. The van der Waals surface area contributed by atoms with Crippen molar-refractivity contribution in [3.63, 3.8) is 0 Å². The van der Waals surface area contributed by atoms with Crippen LogP contribution in [0.5, 0.6) is 0 Å². The summed E-state index contributed by atoms with van der Waals surface area (Å²) in [4.78, 5) is 20.6. The highest BCUT2D eigenvalue weighted by atomic mass is 19.4. The fraction of sp³-hybridized carbons (Fsp3) is 0.167. The molecule has 2 heterocycles. The van der Waals surface area contributed by atoms with Crippen molar-refractivity contribution >= 4 is 17.0 Å². The number of hydrogen-bond donors (Lipinski definition) is 0. The molecule has 1 aromatic carbocycles. The fourth-order valence-corrected chi connectivity index (χ4v) is 2.37. The van der Waals surface area contributed by atoms with Gasteiger partial charge in [0.25, 0.3) is 0 Å². The number of ether oxygens (including phenoxy) is 1. The number of benzene rings is 1. The lowest BCUT2D eigenvalue weighted by Crippen LogP contribution is -2.10. The van der Waals surface area contributed by atoms with Crippen molar-refractivity contribution in [2.24, 2.45) is 0 Å². The topological polar surface area (TPSA) is 52.1 Å². The minimum atomic E-state index is -4.44. The number of aryl methyl sites for hydroxylation is 1. The van der Waals surface area contributed by atoms with Gasteiger partial charge in [-0.15, -0.1) is 0 Å². The van der Waals surface area contributed by atoms with Crippen LogP contribution in [-0.2, 0) is 17.5 Å². The average Bonchev–Trinajstić information content (AvgIpc) is 2.58. The van der Waals surface area contributed by atoms with Crippen LogP contribution in [0.4, 0.5) is 13.2 Å². The number of fused-ring (bicyclic) bond motifs is 1. The van der Waals surface area contributed by atoms with Crippen LogP contribution in [0.3, 0.4) is 0 Å². The lowest BCUT2D eigenvalue weighted by atomic mass is 10.1. The van der Waals surface area contributed by atoms with Crippen molar-refractivity contribution in [3.8, 4) is 0 Å². The minimum absolute atomic E-state index is 0.257. The van der Waals surface area contributed by atoms with Crippen molar-refractivity contribution in [2.45, 2.75) is 19.7 Å². The monoisotopic (exact) mass is 346 g/mol. The zero-order chi connectivity index (χ0) is 18.0. The maximum atomic E-state index is 12.7. The third-order valence-corrected chi connectivity index (χ3v) is 3.62. The normalized spacial score (nSPS) is 11.5. The number of alkyl halides is 3. The summed E-state index contributed by atoms with van der Waals surface area (Å²) in [6.45, 7) is 1.39. The maximum Gasteiger partial charge on any atom is 0.416 e. The van der Waals surface area contributed by atoms with Gasteiger partial charge in [-0.05, 0) is 42.8 Å².